The lowest BCUT2D eigenvalue weighted by molar-refractivity contribution is 0.102. The zero-order chi connectivity index (χ0) is 20.5. The number of halogens is 2. The van der Waals surface area contributed by atoms with E-state index in [2.05, 4.69) is 31.3 Å². The van der Waals surface area contributed by atoms with E-state index in [0.29, 0.717) is 21.3 Å². The molecule has 0 radical (unpaired) electrons. The number of pyridine rings is 1. The molecule has 29 heavy (non-hydrogen) atoms. The first-order chi connectivity index (χ1) is 13.9. The topological polar surface area (TPSA) is 42.0 Å². The molecule has 0 fully saturated rings. The van der Waals surface area contributed by atoms with E-state index >= 15 is 0 Å². The summed E-state index contributed by atoms with van der Waals surface area (Å²) in [6.07, 6.45) is 0. The number of benzene rings is 3. The number of para-hydroxylation sites is 1. The Morgan fingerprint density at radius 3 is 2.45 bits per heavy atom. The van der Waals surface area contributed by atoms with Crippen LogP contribution in [0.3, 0.4) is 0 Å². The van der Waals surface area contributed by atoms with Gasteiger partial charge < -0.3 is 5.32 Å². The van der Waals surface area contributed by atoms with Crippen molar-refractivity contribution in [2.45, 2.75) is 13.8 Å². The summed E-state index contributed by atoms with van der Waals surface area (Å²) in [5, 5.41) is 4.53. The third-order valence-electron chi connectivity index (χ3n) is 4.80. The van der Waals surface area contributed by atoms with E-state index < -0.39 is 0 Å². The molecule has 3 nitrogen and oxygen atoms in total. The predicted octanol–water partition coefficient (Wildman–Crippen LogP) is 7.08. The molecule has 0 aliphatic carbocycles. The number of carbonyl (C=O) groups excluding carboxylic acids is 1. The summed E-state index contributed by atoms with van der Waals surface area (Å²) in [5.74, 6) is -0.229. The molecule has 4 aromatic rings. The van der Waals surface area contributed by atoms with E-state index in [1.165, 1.54) is 5.56 Å². The Hall–Kier alpha value is -2.88. The number of carbonyl (C=O) groups is 1. The van der Waals surface area contributed by atoms with Gasteiger partial charge in [-0.25, -0.2) is 4.98 Å². The van der Waals surface area contributed by atoms with Crippen molar-refractivity contribution >= 4 is 45.7 Å². The van der Waals surface area contributed by atoms with E-state index in [4.69, 9.17) is 28.2 Å². The lowest BCUT2D eigenvalue weighted by atomic mass is 9.99. The summed E-state index contributed by atoms with van der Waals surface area (Å²) in [6.45, 7) is 4.11. The molecule has 1 amide bonds. The van der Waals surface area contributed by atoms with Crippen molar-refractivity contribution in [3.05, 3.63) is 93.5 Å². The summed E-state index contributed by atoms with van der Waals surface area (Å²) < 4.78 is 0. The number of nitrogens with one attached hydrogen (secondary N) is 1. The fourth-order valence-corrected chi connectivity index (χ4v) is 3.67. The third kappa shape index (κ3) is 3.98. The molecular formula is C24H18Cl2N2O. The molecule has 1 aromatic heterocycles. The first-order valence-electron chi connectivity index (χ1n) is 9.16. The monoisotopic (exact) mass is 420 g/mol. The maximum atomic E-state index is 13.1. The molecule has 0 bridgehead atoms. The van der Waals surface area contributed by atoms with E-state index in [-0.39, 0.29) is 5.91 Å². The van der Waals surface area contributed by atoms with Crippen LogP contribution in [0.4, 0.5) is 5.69 Å². The maximum Gasteiger partial charge on any atom is 0.256 e. The summed E-state index contributed by atoms with van der Waals surface area (Å²) in [4.78, 5) is 17.9. The normalized spacial score (nSPS) is 10.9. The molecule has 0 atom stereocenters. The first-order valence-corrected chi connectivity index (χ1v) is 9.92. The van der Waals surface area contributed by atoms with Crippen molar-refractivity contribution in [3.63, 3.8) is 0 Å². The van der Waals surface area contributed by atoms with E-state index in [0.717, 1.165) is 27.7 Å². The standard InChI is InChI=1S/C24H18Cl2N2O/c1-14-7-9-17(15(2)11-14)23-13-19(18-5-3-4-6-22(18)28-23)24(29)27-16-8-10-20(25)21(26)12-16/h3-13H,1-2H3,(H,27,29). The molecule has 0 unspecified atom stereocenters. The highest BCUT2D eigenvalue weighted by Gasteiger charge is 2.15. The number of nitrogens with zero attached hydrogens (tertiary/aromatic N) is 1. The quantitative estimate of drug-likeness (QED) is 0.384. The minimum absolute atomic E-state index is 0.229. The molecule has 1 N–H and O–H groups in total. The Balaban J connectivity index is 1.82. The van der Waals surface area contributed by atoms with Gasteiger partial charge in [0.2, 0.25) is 0 Å². The number of rotatable bonds is 3. The van der Waals surface area contributed by atoms with Gasteiger partial charge >= 0.3 is 0 Å². The maximum absolute atomic E-state index is 13.1. The van der Waals surface area contributed by atoms with Crippen LogP contribution in [0.15, 0.2) is 66.7 Å². The van der Waals surface area contributed by atoms with Crippen LogP contribution in [-0.2, 0) is 0 Å². The number of amides is 1. The Kier molecular flexibility index (Phi) is 5.27. The van der Waals surface area contributed by atoms with Crippen LogP contribution in [0, 0.1) is 13.8 Å². The number of hydrogen-bond acceptors (Lipinski definition) is 2. The van der Waals surface area contributed by atoms with Crippen LogP contribution in [0.2, 0.25) is 10.0 Å². The number of hydrogen-bond donors (Lipinski definition) is 1. The van der Waals surface area contributed by atoms with Gasteiger partial charge in [0.1, 0.15) is 0 Å². The molecule has 5 heteroatoms. The van der Waals surface area contributed by atoms with Crippen molar-refractivity contribution in [2.75, 3.05) is 5.32 Å². The smallest absolute Gasteiger partial charge is 0.256 e. The van der Waals surface area contributed by atoms with Gasteiger partial charge in [0.05, 0.1) is 26.8 Å². The molecular weight excluding hydrogens is 403 g/mol. The summed E-state index contributed by atoms with van der Waals surface area (Å²) >= 11 is 12.1. The van der Waals surface area contributed by atoms with Crippen molar-refractivity contribution < 1.29 is 4.79 Å². The van der Waals surface area contributed by atoms with Crippen LogP contribution in [0.1, 0.15) is 21.5 Å². The van der Waals surface area contributed by atoms with Gasteiger partial charge in [-0.05, 0) is 49.7 Å². The summed E-state index contributed by atoms with van der Waals surface area (Å²) in [7, 11) is 0. The summed E-state index contributed by atoms with van der Waals surface area (Å²) in [5.41, 5.74) is 5.97. The van der Waals surface area contributed by atoms with Crippen molar-refractivity contribution in [3.8, 4) is 11.3 Å². The van der Waals surface area contributed by atoms with E-state index in [1.54, 1.807) is 18.2 Å². The van der Waals surface area contributed by atoms with Crippen LogP contribution >= 0.6 is 23.2 Å². The lowest BCUT2D eigenvalue weighted by Gasteiger charge is -2.12. The Morgan fingerprint density at radius 1 is 0.897 bits per heavy atom. The summed E-state index contributed by atoms with van der Waals surface area (Å²) in [6, 6.07) is 20.7. The SMILES string of the molecule is Cc1ccc(-c2cc(C(=O)Nc3ccc(Cl)c(Cl)c3)c3ccccc3n2)c(C)c1. The molecule has 3 aromatic carbocycles. The highest BCUT2D eigenvalue weighted by atomic mass is 35.5. The fraction of sp³-hybridized carbons (Fsp3) is 0.0833. The molecule has 144 valence electrons. The van der Waals surface area contributed by atoms with Crippen LogP contribution in [0.25, 0.3) is 22.2 Å². The number of anilines is 1. The molecule has 0 spiro atoms. The van der Waals surface area contributed by atoms with E-state index in [1.807, 2.05) is 36.4 Å². The molecule has 0 saturated heterocycles. The van der Waals surface area contributed by atoms with Gasteiger partial charge in [-0.3, -0.25) is 4.79 Å². The van der Waals surface area contributed by atoms with Crippen LogP contribution in [0.5, 0.6) is 0 Å². The largest absolute Gasteiger partial charge is 0.322 e. The van der Waals surface area contributed by atoms with Crippen LogP contribution in [-0.4, -0.2) is 10.9 Å². The van der Waals surface area contributed by atoms with Gasteiger partial charge in [-0.15, -0.1) is 0 Å². The first kappa shape index (κ1) is 19.4. The van der Waals surface area contributed by atoms with Gasteiger partial charge in [0.15, 0.2) is 0 Å². The van der Waals surface area contributed by atoms with Gasteiger partial charge in [-0.2, -0.15) is 0 Å². The highest BCUT2D eigenvalue weighted by molar-refractivity contribution is 6.42. The van der Waals surface area contributed by atoms with Crippen molar-refractivity contribution in [1.82, 2.24) is 4.98 Å². The number of aromatic nitrogens is 1. The highest BCUT2D eigenvalue weighted by Crippen LogP contribution is 2.29. The Morgan fingerprint density at radius 2 is 1.69 bits per heavy atom. The average molecular weight is 421 g/mol. The molecule has 0 aliphatic rings. The second-order valence-corrected chi connectivity index (χ2v) is 7.79. The van der Waals surface area contributed by atoms with Crippen molar-refractivity contribution in [1.29, 1.82) is 0 Å². The second kappa shape index (κ2) is 7.86. The lowest BCUT2D eigenvalue weighted by Crippen LogP contribution is -2.13. The van der Waals surface area contributed by atoms with Crippen molar-refractivity contribution in [2.24, 2.45) is 0 Å². The molecule has 0 aliphatic heterocycles. The zero-order valence-corrected chi connectivity index (χ0v) is 17.5. The Bertz CT molecular complexity index is 1250. The Labute approximate surface area is 179 Å². The van der Waals surface area contributed by atoms with Gasteiger partial charge in [-0.1, -0.05) is 65.2 Å². The molecule has 4 rings (SSSR count). The molecule has 0 saturated carbocycles. The van der Waals surface area contributed by atoms with Gasteiger partial charge in [0, 0.05) is 16.6 Å². The third-order valence-corrected chi connectivity index (χ3v) is 5.54. The fourth-order valence-electron chi connectivity index (χ4n) is 3.37. The minimum Gasteiger partial charge on any atom is -0.322 e. The average Bonchev–Trinajstić information content (AvgIpc) is 2.70. The van der Waals surface area contributed by atoms with Gasteiger partial charge in [0.25, 0.3) is 5.91 Å². The van der Waals surface area contributed by atoms with Crippen LogP contribution < -0.4 is 5.32 Å². The number of fused-ring (bicyclic) bond motifs is 1. The van der Waals surface area contributed by atoms with E-state index in [9.17, 15) is 4.79 Å². The predicted molar refractivity (Wildman–Crippen MR) is 121 cm³/mol. The zero-order valence-electron chi connectivity index (χ0n) is 16.0. The number of aryl methyl sites for hydroxylation is 2. The molecule has 1 heterocycles. The second-order valence-electron chi connectivity index (χ2n) is 6.97. The minimum atomic E-state index is -0.229.